The van der Waals surface area contributed by atoms with Crippen molar-refractivity contribution in [2.45, 2.75) is 6.92 Å². The van der Waals surface area contributed by atoms with E-state index in [-0.39, 0.29) is 0 Å². The normalized spacial score (nSPS) is 22.0. The summed E-state index contributed by atoms with van der Waals surface area (Å²) in [6.07, 6.45) is 0. The molecule has 0 radical (unpaired) electrons. The van der Waals surface area contributed by atoms with Crippen LogP contribution >= 0.6 is 0 Å². The Hall–Kier alpha value is -0.0800. The van der Waals surface area contributed by atoms with Gasteiger partial charge in [0.1, 0.15) is 19.6 Å². The second kappa shape index (κ2) is 2.67. The van der Waals surface area contributed by atoms with Gasteiger partial charge in [-0.25, -0.2) is 0 Å². The van der Waals surface area contributed by atoms with Gasteiger partial charge in [-0.1, -0.05) is 0 Å². The van der Waals surface area contributed by atoms with Gasteiger partial charge in [0, 0.05) is 6.61 Å². The van der Waals surface area contributed by atoms with E-state index in [1.807, 2.05) is 6.92 Å². The lowest BCUT2D eigenvalue weighted by molar-refractivity contribution is -0.778. The summed E-state index contributed by atoms with van der Waals surface area (Å²) >= 11 is 0. The molecule has 0 spiro atoms. The first-order chi connectivity index (χ1) is 4.27. The van der Waals surface area contributed by atoms with Crippen LogP contribution in [0.5, 0.6) is 0 Å². The first-order valence-corrected chi connectivity index (χ1v) is 3.68. The van der Waals surface area contributed by atoms with Gasteiger partial charge in [0.2, 0.25) is 0 Å². The van der Waals surface area contributed by atoms with E-state index in [0.717, 1.165) is 13.2 Å². The Bertz CT molecular complexity index is 88.9. The predicted octanol–water partition coefficient (Wildman–Crippen LogP) is 0.483. The average molecular weight is 130 g/mol. The van der Waals surface area contributed by atoms with Gasteiger partial charge in [-0.3, -0.25) is 0 Å². The lowest BCUT2D eigenvalue weighted by atomic mass is 10.6. The Labute approximate surface area is 57.0 Å². The molecule has 2 nitrogen and oxygen atoms in total. The van der Waals surface area contributed by atoms with Crippen LogP contribution in [0.4, 0.5) is 0 Å². The van der Waals surface area contributed by atoms with Crippen molar-refractivity contribution in [2.75, 3.05) is 39.9 Å². The van der Waals surface area contributed by atoms with Crippen LogP contribution in [0.3, 0.4) is 0 Å². The molecule has 1 aliphatic rings. The molecule has 0 aromatic heterocycles. The largest absolute Gasteiger partial charge is 0.376 e. The summed E-state index contributed by atoms with van der Waals surface area (Å²) in [4.78, 5) is 0. The number of nitrogens with zero attached hydrogens (tertiary/aromatic N) is 1. The number of hydrogen-bond acceptors (Lipinski definition) is 1. The van der Waals surface area contributed by atoms with Crippen molar-refractivity contribution in [1.82, 2.24) is 0 Å². The summed E-state index contributed by atoms with van der Waals surface area (Å²) in [7, 11) is 2.28. The minimum Gasteiger partial charge on any atom is -0.376 e. The number of hydrogen-bond donors (Lipinski definition) is 0. The summed E-state index contributed by atoms with van der Waals surface area (Å²) in [5.74, 6) is 0. The molecule has 9 heavy (non-hydrogen) atoms. The molecule has 0 atom stereocenters. The molecule has 54 valence electrons. The van der Waals surface area contributed by atoms with E-state index in [2.05, 4.69) is 7.05 Å². The average Bonchev–Trinajstić information content (AvgIpc) is 2.50. The molecule has 1 heterocycles. The van der Waals surface area contributed by atoms with Gasteiger partial charge < -0.3 is 9.22 Å². The number of quaternary nitrogens is 1. The zero-order valence-corrected chi connectivity index (χ0v) is 6.39. The molecule has 0 saturated carbocycles. The van der Waals surface area contributed by atoms with Gasteiger partial charge in [0.05, 0.1) is 13.7 Å². The number of rotatable bonds is 4. The molecule has 0 aliphatic carbocycles. The highest BCUT2D eigenvalue weighted by Gasteiger charge is 2.35. The summed E-state index contributed by atoms with van der Waals surface area (Å²) < 4.78 is 6.47. The van der Waals surface area contributed by atoms with Crippen molar-refractivity contribution in [3.8, 4) is 0 Å². The maximum atomic E-state index is 5.23. The summed E-state index contributed by atoms with van der Waals surface area (Å²) in [6, 6.07) is 0. The molecule has 0 N–H and O–H groups in total. The minimum absolute atomic E-state index is 0.861. The van der Waals surface area contributed by atoms with Gasteiger partial charge >= 0.3 is 0 Å². The van der Waals surface area contributed by atoms with Crippen LogP contribution in [0.1, 0.15) is 6.92 Å². The zero-order chi connectivity index (χ0) is 6.74. The van der Waals surface area contributed by atoms with Gasteiger partial charge in [-0.15, -0.1) is 0 Å². The van der Waals surface area contributed by atoms with Crippen molar-refractivity contribution in [3.63, 3.8) is 0 Å². The Morgan fingerprint density at radius 1 is 1.44 bits per heavy atom. The zero-order valence-electron chi connectivity index (χ0n) is 6.39. The summed E-state index contributed by atoms with van der Waals surface area (Å²) in [6.45, 7) is 7.75. The van der Waals surface area contributed by atoms with Gasteiger partial charge in [0.15, 0.2) is 0 Å². The second-order valence-corrected chi connectivity index (χ2v) is 2.99. The standard InChI is InChI=1S/C7H16NO/c1-3-9-7-6-8(2)4-5-8/h3-7H2,1-2H3/q+1. The Morgan fingerprint density at radius 2 is 2.11 bits per heavy atom. The molecule has 1 fully saturated rings. The quantitative estimate of drug-likeness (QED) is 0.305. The predicted molar refractivity (Wildman–Crippen MR) is 37.3 cm³/mol. The highest BCUT2D eigenvalue weighted by atomic mass is 16.5. The minimum atomic E-state index is 0.861. The molecule has 1 rings (SSSR count). The summed E-state index contributed by atoms with van der Waals surface area (Å²) in [5, 5.41) is 0. The summed E-state index contributed by atoms with van der Waals surface area (Å²) in [5.41, 5.74) is 0. The van der Waals surface area contributed by atoms with Crippen molar-refractivity contribution in [2.24, 2.45) is 0 Å². The SMILES string of the molecule is CCOCC[N+]1(C)CC1. The van der Waals surface area contributed by atoms with Crippen LogP contribution in [0.25, 0.3) is 0 Å². The highest BCUT2D eigenvalue weighted by Crippen LogP contribution is 2.14. The van der Waals surface area contributed by atoms with Crippen LogP contribution in [-0.2, 0) is 4.74 Å². The van der Waals surface area contributed by atoms with E-state index >= 15 is 0 Å². The first-order valence-electron chi connectivity index (χ1n) is 3.68. The van der Waals surface area contributed by atoms with Crippen molar-refractivity contribution in [1.29, 1.82) is 0 Å². The van der Waals surface area contributed by atoms with E-state index in [1.54, 1.807) is 0 Å². The fourth-order valence-corrected chi connectivity index (χ4v) is 0.824. The van der Waals surface area contributed by atoms with Crippen LogP contribution < -0.4 is 0 Å². The first kappa shape index (κ1) is 7.03. The van der Waals surface area contributed by atoms with E-state index in [4.69, 9.17) is 4.74 Å². The maximum Gasteiger partial charge on any atom is 0.129 e. The molecular weight excluding hydrogens is 114 g/mol. The number of likely N-dealkylation sites (N-methyl/N-ethyl adjacent to an activating group) is 1. The van der Waals surface area contributed by atoms with Gasteiger partial charge in [-0.05, 0) is 6.92 Å². The Kier molecular flexibility index (Phi) is 2.09. The van der Waals surface area contributed by atoms with Gasteiger partial charge in [0.25, 0.3) is 0 Å². The fraction of sp³-hybridized carbons (Fsp3) is 1.00. The molecule has 0 amide bonds. The highest BCUT2D eigenvalue weighted by molar-refractivity contribution is 4.50. The van der Waals surface area contributed by atoms with E-state index in [0.29, 0.717) is 0 Å². The third-order valence-corrected chi connectivity index (χ3v) is 1.97. The monoisotopic (exact) mass is 130 g/mol. The van der Waals surface area contributed by atoms with Crippen molar-refractivity contribution in [3.05, 3.63) is 0 Å². The number of ether oxygens (including phenoxy) is 1. The van der Waals surface area contributed by atoms with Crippen LogP contribution in [0.15, 0.2) is 0 Å². The third-order valence-electron chi connectivity index (χ3n) is 1.97. The maximum absolute atomic E-state index is 5.23. The van der Waals surface area contributed by atoms with E-state index in [1.165, 1.54) is 24.1 Å². The van der Waals surface area contributed by atoms with Crippen molar-refractivity contribution >= 4 is 0 Å². The molecule has 0 aromatic rings. The molecule has 0 bridgehead atoms. The Balaban J connectivity index is 1.92. The molecular formula is C7H16NO+. The lowest BCUT2D eigenvalue weighted by Gasteiger charge is -2.10. The molecule has 0 aromatic carbocycles. The van der Waals surface area contributed by atoms with Gasteiger partial charge in [-0.2, -0.15) is 0 Å². The molecule has 0 unspecified atom stereocenters. The van der Waals surface area contributed by atoms with Crippen LogP contribution in [-0.4, -0.2) is 44.4 Å². The van der Waals surface area contributed by atoms with E-state index < -0.39 is 0 Å². The van der Waals surface area contributed by atoms with Crippen LogP contribution in [0, 0.1) is 0 Å². The molecule has 2 heteroatoms. The topological polar surface area (TPSA) is 9.23 Å². The Morgan fingerprint density at radius 3 is 2.56 bits per heavy atom. The van der Waals surface area contributed by atoms with E-state index in [9.17, 15) is 0 Å². The second-order valence-electron chi connectivity index (χ2n) is 2.99. The lowest BCUT2D eigenvalue weighted by Crippen LogP contribution is -2.24. The molecule has 1 aliphatic heterocycles. The molecule has 1 saturated heterocycles. The van der Waals surface area contributed by atoms with Crippen LogP contribution in [0.2, 0.25) is 0 Å². The van der Waals surface area contributed by atoms with Crippen molar-refractivity contribution < 1.29 is 9.22 Å². The smallest absolute Gasteiger partial charge is 0.129 e. The third kappa shape index (κ3) is 2.33. The fourth-order valence-electron chi connectivity index (χ4n) is 0.824.